The third-order valence-electron chi connectivity index (χ3n) is 2.49. The van der Waals surface area contributed by atoms with Crippen LogP contribution in [0, 0.1) is 6.92 Å². The average Bonchev–Trinajstić information content (AvgIpc) is 3.01. The first-order chi connectivity index (χ1) is 9.24. The highest BCUT2D eigenvalue weighted by Crippen LogP contribution is 2.07. The summed E-state index contributed by atoms with van der Waals surface area (Å²) in [5, 5.41) is 15.9. The zero-order chi connectivity index (χ0) is 13.5. The summed E-state index contributed by atoms with van der Waals surface area (Å²) in [5.41, 5.74) is 1.01. The predicted molar refractivity (Wildman–Crippen MR) is 72.9 cm³/mol. The van der Waals surface area contributed by atoms with E-state index in [1.165, 1.54) is 0 Å². The van der Waals surface area contributed by atoms with Crippen molar-refractivity contribution in [3.63, 3.8) is 0 Å². The summed E-state index contributed by atoms with van der Waals surface area (Å²) in [6, 6.07) is 3.65. The lowest BCUT2D eigenvalue weighted by molar-refractivity contribution is 0.0225. The molecule has 0 spiro atoms. The quantitative estimate of drug-likeness (QED) is 0.771. The maximum atomic E-state index is 9.73. The van der Waals surface area contributed by atoms with Crippen molar-refractivity contribution in [3.05, 3.63) is 40.2 Å². The maximum absolute atomic E-state index is 9.73. The largest absolute Gasteiger partial charge is 0.467 e. The molecule has 0 aliphatic heterocycles. The number of thiazole rings is 1. The molecule has 0 amide bonds. The molecule has 5 nitrogen and oxygen atoms in total. The van der Waals surface area contributed by atoms with Crippen molar-refractivity contribution in [2.45, 2.75) is 26.2 Å². The van der Waals surface area contributed by atoms with Crippen molar-refractivity contribution in [1.29, 1.82) is 0 Å². The van der Waals surface area contributed by atoms with E-state index < -0.39 is 6.10 Å². The van der Waals surface area contributed by atoms with Crippen molar-refractivity contribution in [2.75, 3.05) is 13.2 Å². The van der Waals surface area contributed by atoms with Gasteiger partial charge >= 0.3 is 0 Å². The summed E-state index contributed by atoms with van der Waals surface area (Å²) >= 11 is 1.63. The fraction of sp³-hybridized carbons (Fsp3) is 0.462. The van der Waals surface area contributed by atoms with Crippen LogP contribution in [0.1, 0.15) is 16.5 Å². The zero-order valence-corrected chi connectivity index (χ0v) is 11.7. The topological polar surface area (TPSA) is 67.5 Å². The molecule has 0 saturated heterocycles. The summed E-state index contributed by atoms with van der Waals surface area (Å²) in [7, 11) is 0. The SMILES string of the molecule is Cc1nc(CNCC(O)COCc2ccco2)cs1. The molecule has 104 valence electrons. The van der Waals surface area contributed by atoms with Crippen LogP contribution in [-0.4, -0.2) is 29.3 Å². The lowest BCUT2D eigenvalue weighted by Gasteiger charge is -2.11. The van der Waals surface area contributed by atoms with Gasteiger partial charge in [0.25, 0.3) is 0 Å². The van der Waals surface area contributed by atoms with E-state index in [1.807, 2.05) is 24.4 Å². The van der Waals surface area contributed by atoms with Gasteiger partial charge in [-0.1, -0.05) is 0 Å². The van der Waals surface area contributed by atoms with E-state index in [0.29, 0.717) is 19.7 Å². The minimum absolute atomic E-state index is 0.282. The number of aryl methyl sites for hydroxylation is 1. The normalized spacial score (nSPS) is 12.7. The Morgan fingerprint density at radius 1 is 1.58 bits per heavy atom. The van der Waals surface area contributed by atoms with Crippen molar-refractivity contribution >= 4 is 11.3 Å². The summed E-state index contributed by atoms with van der Waals surface area (Å²) in [5.74, 6) is 0.762. The molecule has 0 radical (unpaired) electrons. The van der Waals surface area contributed by atoms with Gasteiger partial charge in [0.2, 0.25) is 0 Å². The second-order valence-electron chi connectivity index (χ2n) is 4.24. The van der Waals surface area contributed by atoms with Gasteiger partial charge in [0.1, 0.15) is 12.4 Å². The third-order valence-corrected chi connectivity index (χ3v) is 3.31. The monoisotopic (exact) mass is 282 g/mol. The Morgan fingerprint density at radius 2 is 2.47 bits per heavy atom. The Labute approximate surface area is 116 Å². The molecule has 0 fully saturated rings. The number of ether oxygens (including phenoxy) is 1. The van der Waals surface area contributed by atoms with Gasteiger partial charge in [-0.3, -0.25) is 0 Å². The Bertz CT molecular complexity index is 470. The second-order valence-corrected chi connectivity index (χ2v) is 5.30. The molecule has 0 aliphatic rings. The van der Waals surface area contributed by atoms with Crippen LogP contribution >= 0.6 is 11.3 Å². The Balaban J connectivity index is 1.55. The maximum Gasteiger partial charge on any atom is 0.129 e. The van der Waals surface area contributed by atoms with Crippen molar-refractivity contribution in [3.8, 4) is 0 Å². The number of rotatable bonds is 8. The number of hydrogen-bond acceptors (Lipinski definition) is 6. The van der Waals surface area contributed by atoms with Gasteiger partial charge in [-0.15, -0.1) is 11.3 Å². The molecule has 2 rings (SSSR count). The van der Waals surface area contributed by atoms with Gasteiger partial charge in [0, 0.05) is 18.5 Å². The summed E-state index contributed by atoms with van der Waals surface area (Å²) in [6.45, 7) is 3.79. The number of nitrogens with zero attached hydrogens (tertiary/aromatic N) is 1. The standard InChI is InChI=1S/C13H18N2O3S/c1-10-15-11(9-19-10)5-14-6-12(16)7-17-8-13-3-2-4-18-13/h2-4,9,12,14,16H,5-8H2,1H3. The number of aromatic nitrogens is 1. The van der Waals surface area contributed by atoms with E-state index in [-0.39, 0.29) is 6.61 Å². The van der Waals surface area contributed by atoms with Gasteiger partial charge in [0.05, 0.1) is 29.7 Å². The number of aliphatic hydroxyl groups excluding tert-OH is 1. The van der Waals surface area contributed by atoms with E-state index in [4.69, 9.17) is 9.15 Å². The van der Waals surface area contributed by atoms with Crippen LogP contribution in [0.3, 0.4) is 0 Å². The van der Waals surface area contributed by atoms with Gasteiger partial charge in [-0.2, -0.15) is 0 Å². The van der Waals surface area contributed by atoms with E-state index in [1.54, 1.807) is 17.6 Å². The summed E-state index contributed by atoms with van der Waals surface area (Å²) in [6.07, 6.45) is 1.07. The van der Waals surface area contributed by atoms with Crippen molar-refractivity contribution in [2.24, 2.45) is 0 Å². The zero-order valence-electron chi connectivity index (χ0n) is 10.8. The average molecular weight is 282 g/mol. The van der Waals surface area contributed by atoms with Crippen molar-refractivity contribution < 1.29 is 14.3 Å². The molecule has 1 atom stereocenters. The summed E-state index contributed by atoms with van der Waals surface area (Å²) < 4.78 is 10.5. The molecular weight excluding hydrogens is 264 g/mol. The molecule has 2 aromatic rings. The Hall–Kier alpha value is -1.21. The van der Waals surface area contributed by atoms with Crippen LogP contribution in [0.5, 0.6) is 0 Å². The van der Waals surface area contributed by atoms with E-state index >= 15 is 0 Å². The molecule has 19 heavy (non-hydrogen) atoms. The number of furan rings is 1. The van der Waals surface area contributed by atoms with Gasteiger partial charge in [-0.25, -0.2) is 4.98 Å². The molecule has 0 aromatic carbocycles. The minimum atomic E-state index is -0.533. The van der Waals surface area contributed by atoms with Crippen LogP contribution < -0.4 is 5.32 Å². The Morgan fingerprint density at radius 3 is 3.16 bits per heavy atom. The predicted octanol–water partition coefficient (Wildman–Crippen LogP) is 1.71. The molecule has 0 bridgehead atoms. The first kappa shape index (κ1) is 14.2. The van der Waals surface area contributed by atoms with Gasteiger partial charge in [-0.05, 0) is 19.1 Å². The molecule has 1 unspecified atom stereocenters. The van der Waals surface area contributed by atoms with Crippen LogP contribution in [0.4, 0.5) is 0 Å². The molecule has 0 saturated carbocycles. The smallest absolute Gasteiger partial charge is 0.129 e. The fourth-order valence-corrected chi connectivity index (χ4v) is 2.22. The first-order valence-corrected chi connectivity index (χ1v) is 7.02. The fourth-order valence-electron chi connectivity index (χ4n) is 1.61. The second kappa shape index (κ2) is 7.40. The number of hydrogen-bond donors (Lipinski definition) is 2. The summed E-state index contributed by atoms with van der Waals surface area (Å²) in [4.78, 5) is 4.33. The van der Waals surface area contributed by atoms with E-state index in [9.17, 15) is 5.11 Å². The molecular formula is C13H18N2O3S. The van der Waals surface area contributed by atoms with Crippen LogP contribution in [-0.2, 0) is 17.9 Å². The van der Waals surface area contributed by atoms with E-state index in [0.717, 1.165) is 16.5 Å². The minimum Gasteiger partial charge on any atom is -0.467 e. The highest BCUT2D eigenvalue weighted by molar-refractivity contribution is 7.09. The van der Waals surface area contributed by atoms with Gasteiger partial charge in [0.15, 0.2) is 0 Å². The van der Waals surface area contributed by atoms with Crippen LogP contribution in [0.15, 0.2) is 28.2 Å². The molecule has 2 heterocycles. The van der Waals surface area contributed by atoms with Crippen molar-refractivity contribution in [1.82, 2.24) is 10.3 Å². The van der Waals surface area contributed by atoms with E-state index in [2.05, 4.69) is 10.3 Å². The molecule has 2 aromatic heterocycles. The van der Waals surface area contributed by atoms with Crippen LogP contribution in [0.25, 0.3) is 0 Å². The van der Waals surface area contributed by atoms with Gasteiger partial charge < -0.3 is 19.6 Å². The molecule has 2 N–H and O–H groups in total. The number of aliphatic hydroxyl groups is 1. The lowest BCUT2D eigenvalue weighted by Crippen LogP contribution is -2.30. The third kappa shape index (κ3) is 5.12. The highest BCUT2D eigenvalue weighted by Gasteiger charge is 2.05. The highest BCUT2D eigenvalue weighted by atomic mass is 32.1. The number of nitrogens with one attached hydrogen (secondary N) is 1. The Kier molecular flexibility index (Phi) is 5.53. The molecule has 0 aliphatic carbocycles. The van der Waals surface area contributed by atoms with Crippen LogP contribution in [0.2, 0.25) is 0 Å². The lowest BCUT2D eigenvalue weighted by atomic mass is 10.3. The first-order valence-electron chi connectivity index (χ1n) is 6.14. The molecule has 6 heteroatoms.